The number of β-lactam (4-membered cyclic amide) rings is 1. The van der Waals surface area contributed by atoms with Crippen LogP contribution in [0.1, 0.15) is 120 Å². The molecule has 0 radical (unpaired) electrons. The van der Waals surface area contributed by atoms with E-state index < -0.39 is 301 Å². The number of ether oxygens (including phenoxy) is 5. The van der Waals surface area contributed by atoms with Crippen LogP contribution in [-0.4, -0.2) is 388 Å². The molecular formula is C88H127N22NaO29S3. The zero-order valence-electron chi connectivity index (χ0n) is 79.5. The number of carbonyl (C=O) groups is 10. The van der Waals surface area contributed by atoms with Crippen LogP contribution in [0.4, 0.5) is 0 Å². The SMILES string of the molecule is CC1(C)S[C@@H]2[C@H](NC(=O)[C@H](NC(=O)c3cnc4cccnc4c3O)c3ccccc3)C(=O)N2[C@H]1C(=O)[O-].CC[C@H](C)[C@@H]1N=C(O)[C@H](Cc2ccc(O)cc2)N=C(O)[C@@H](N)CSSC[C@@H](C(=O)N2CCC[C@H]2C(=O)N[C@@H](CC(C)C)C(=O)NCC(N)=O)N=C(O)[C@H](CC(N)=O)N=C(O)[C@H](CC(N)=O)N=C1O.CN[C@@H]1[C@@H](O[C@H]2O[C@H](CO)[C@@H](N)[C@H](O)[C@H]2O)O[C@H]2C[C@@H](N)[C@@H](O[C@H]3[C@H](O)[C@@H](O)[C@H](N)C[C@@H]3N)O[C@@H]2[C@@H]1O.[Na+]. The standard InChI is InChI=1S/C42H64N12O12S2.C25H23N5O6S.C21H41N5O11.Na/c1-5-21(4)34-41(65)51-28(16-32(45)57)37(61)49-27(15-31(44)56)38(62)52-29(19-68-67-18-24(43)35(59)48-26(39(63)53-34)14-22-8-10-23(55)11-9-22)42(66)54-12-6-7-30(54)40(64)50-25(13-20(2)3)36(60)47-17-33(46)58;1-25(2)19(24(35)36)30-22(34)17(23(30)37-25)29-21(33)15(12-7-4-3-5-8-12)28-20(32)13-11-27-14-9-6-10-26-16(14)18(13)31;1-26-11-14(30)18-8(33-20(11)37-21-16(32)13(29)10(25)9(4-27)34-21)3-7(24)19(36-18)35-17-6(23)2-5(22)12(28)15(17)31;/h8-11,20-21,24-30,34,55H,5-7,12-19,43H2,1-4H3,(H2,44,56)(H2,45,57)(H2,46,58)(H,47,60)(H,48,59)(H,49,61)(H,50,64)(H,51,65)(H,52,62)(H,53,63);3-11,15,17,19,23H,1-2H3,(H,27,31)(H,28,32)(H,29,33)(H,35,36);5-21,26-32H,2-4,22-25H2,1H3;/q;;;+1/p-1/t21-,24-,25-,26-,27-,28-,29-,30-,34-;15-,17-,19+,23-;5-,6+,7-,8+,9-,10-,11+,12+,13+,14-,15-,16-,17-,18+,19+,20-,21-;/m011./s1. The number of hydrogen-bond acceptors (Lipinski definition) is 40. The van der Waals surface area contributed by atoms with E-state index in [1.165, 1.54) is 46.1 Å². The minimum Gasteiger partial charge on any atom is -0.548 e. The van der Waals surface area contributed by atoms with Crippen molar-refractivity contribution in [1.82, 2.24) is 46.4 Å². The summed E-state index contributed by atoms with van der Waals surface area (Å²) in [6, 6.07) is -0.869. The van der Waals surface area contributed by atoms with Crippen LogP contribution >= 0.6 is 33.3 Å². The summed E-state index contributed by atoms with van der Waals surface area (Å²) in [5, 5.41) is 164. The monoisotopic (exact) mass is 2070 g/mol. The summed E-state index contributed by atoms with van der Waals surface area (Å²) < 4.78 is 28.4. The van der Waals surface area contributed by atoms with Crippen LogP contribution in [0.25, 0.3) is 11.0 Å². The maximum atomic E-state index is 14.5. The molecule has 30 atom stereocenters. The Hall–Kier alpha value is -9.98. The minimum atomic E-state index is -1.79. The molecule has 7 fully saturated rings. The normalized spacial score (nSPS) is 31.7. The number of aliphatic imine (C=N–C) groups is 5. The molecule has 0 bridgehead atoms. The second kappa shape index (κ2) is 52.4. The molecule has 34 N–H and O–H groups in total. The van der Waals surface area contributed by atoms with E-state index in [-0.39, 0.29) is 108 Å². The van der Waals surface area contributed by atoms with Crippen LogP contribution in [0.3, 0.4) is 0 Å². The molecule has 2 aromatic heterocycles. The third kappa shape index (κ3) is 29.5. The van der Waals surface area contributed by atoms with E-state index in [0.717, 1.165) is 21.6 Å². The van der Waals surface area contributed by atoms with Gasteiger partial charge in [-0.05, 0) is 100 Å². The van der Waals surface area contributed by atoms with E-state index in [1.54, 1.807) is 89.3 Å². The number of carboxylic acid groups (broad SMARTS) is 1. The van der Waals surface area contributed by atoms with Crippen LogP contribution in [0.5, 0.6) is 11.5 Å². The van der Waals surface area contributed by atoms with Gasteiger partial charge in [0, 0.05) is 53.7 Å². The summed E-state index contributed by atoms with van der Waals surface area (Å²) in [4.78, 5) is 160. The van der Waals surface area contributed by atoms with Crippen LogP contribution < -0.4 is 107 Å². The fourth-order valence-corrected chi connectivity index (χ4v) is 20.9. The Morgan fingerprint density at radius 2 is 1.31 bits per heavy atom. The predicted octanol–water partition coefficient (Wildman–Crippen LogP) is -9.64. The van der Waals surface area contributed by atoms with Gasteiger partial charge in [0.2, 0.25) is 70.8 Å². The number of aromatic nitrogens is 2. The van der Waals surface area contributed by atoms with Crippen molar-refractivity contribution in [1.29, 1.82) is 0 Å². The topological polar surface area (TPSA) is 865 Å². The number of thioether (sulfide) groups is 1. The number of aromatic hydroxyl groups is 2. The number of nitrogens with zero attached hydrogens (tertiary/aromatic N) is 9. The Morgan fingerprint density at radius 3 is 1.93 bits per heavy atom. The number of primary amides is 3. The second-order valence-corrected chi connectivity index (χ2v) is 40.7. The first-order valence-corrected chi connectivity index (χ1v) is 49.1. The first-order chi connectivity index (χ1) is 67.1. The van der Waals surface area contributed by atoms with Crippen molar-refractivity contribution < 1.29 is 173 Å². The Labute approximate surface area is 854 Å². The van der Waals surface area contributed by atoms with Crippen LogP contribution in [0, 0.1) is 11.8 Å². The molecule has 143 heavy (non-hydrogen) atoms. The molecule has 782 valence electrons. The largest absolute Gasteiger partial charge is 1.00 e. The molecule has 6 saturated heterocycles. The number of carboxylic acids is 1. The Bertz CT molecular complexity index is 5250. The van der Waals surface area contributed by atoms with E-state index in [1.807, 2.05) is 13.8 Å². The predicted molar refractivity (Wildman–Crippen MR) is 513 cm³/mol. The number of carbonyl (C=O) groups excluding carboxylic acids is 10. The van der Waals surface area contributed by atoms with Crippen molar-refractivity contribution >= 4 is 133 Å². The van der Waals surface area contributed by atoms with E-state index in [9.17, 15) is 119 Å². The maximum absolute atomic E-state index is 14.5. The molecule has 9 heterocycles. The molecule has 1 aliphatic carbocycles. The van der Waals surface area contributed by atoms with Gasteiger partial charge in [-0.2, -0.15) is 0 Å². The third-order valence-corrected chi connectivity index (χ3v) is 28.9. The van der Waals surface area contributed by atoms with Gasteiger partial charge in [0.15, 0.2) is 30.5 Å². The smallest absolute Gasteiger partial charge is 0.548 e. The Balaban J connectivity index is 0.000000256. The summed E-state index contributed by atoms with van der Waals surface area (Å²) in [5.41, 5.74) is 47.8. The van der Waals surface area contributed by atoms with E-state index in [4.69, 9.17) is 69.6 Å². The van der Waals surface area contributed by atoms with Crippen molar-refractivity contribution in [3.8, 4) is 11.5 Å². The van der Waals surface area contributed by atoms with Gasteiger partial charge in [-0.15, -0.1) is 11.8 Å². The summed E-state index contributed by atoms with van der Waals surface area (Å²) in [7, 11) is 3.64. The number of nitrogens with two attached hydrogens (primary N) is 8. The molecule has 8 aliphatic rings. The van der Waals surface area contributed by atoms with Gasteiger partial charge in [-0.1, -0.05) is 98.2 Å². The number of amides is 9. The molecule has 2 aromatic carbocycles. The number of aliphatic hydroxyl groups excluding tert-OH is 11. The van der Waals surface area contributed by atoms with Crippen LogP contribution in [0.15, 0.2) is 104 Å². The summed E-state index contributed by atoms with van der Waals surface area (Å²) in [6.45, 7) is 9.53. The van der Waals surface area contributed by atoms with Crippen molar-refractivity contribution in [2.24, 2.45) is 82.7 Å². The number of pyridine rings is 2. The van der Waals surface area contributed by atoms with Gasteiger partial charge in [-0.3, -0.25) is 53.1 Å². The quantitative estimate of drug-likeness (QED) is 0.0143. The first-order valence-electron chi connectivity index (χ1n) is 45.7. The first kappa shape index (κ1) is 117. The molecule has 9 amide bonds. The van der Waals surface area contributed by atoms with Crippen LogP contribution in [0.2, 0.25) is 0 Å². The van der Waals surface area contributed by atoms with Gasteiger partial charge < -0.3 is 182 Å². The molecule has 55 heteroatoms. The number of fused-ring (bicyclic) bond motifs is 3. The number of likely N-dealkylation sites (tertiary alicyclic amines) is 1. The van der Waals surface area contributed by atoms with Crippen molar-refractivity contribution in [2.75, 3.05) is 38.2 Å². The molecular weight excluding hydrogens is 1950 g/mol. The molecule has 7 aliphatic heterocycles. The number of aliphatic hydroxyl groups is 11. The average Bonchev–Trinajstić information content (AvgIpc) is 1.56. The molecule has 1 saturated carbocycles. The number of benzene rings is 2. The van der Waals surface area contributed by atoms with Gasteiger partial charge in [-0.25, -0.2) is 25.0 Å². The molecule has 0 unspecified atom stereocenters. The Morgan fingerprint density at radius 1 is 0.671 bits per heavy atom. The summed E-state index contributed by atoms with van der Waals surface area (Å²) >= 11 is 1.26. The zero-order valence-corrected chi connectivity index (χ0v) is 84.0. The van der Waals surface area contributed by atoms with Crippen molar-refractivity contribution in [3.05, 3.63) is 95.8 Å². The Kier molecular flexibility index (Phi) is 42.7. The number of rotatable bonds is 28. The zero-order chi connectivity index (χ0) is 104. The van der Waals surface area contributed by atoms with E-state index >= 15 is 0 Å². The van der Waals surface area contributed by atoms with Crippen LogP contribution in [-0.2, 0) is 73.3 Å². The second-order valence-electron chi connectivity index (χ2n) is 36.3. The molecule has 51 nitrogen and oxygen atoms in total. The number of aliphatic carboxylic acids is 1. The third-order valence-electron chi connectivity index (χ3n) is 24.9. The fraction of sp³-hybridized carbons (Fsp3) is 0.602. The van der Waals surface area contributed by atoms with E-state index in [0.29, 0.717) is 29.5 Å². The number of phenols is 1. The summed E-state index contributed by atoms with van der Waals surface area (Å²) in [6.07, 6.45) is -11.6. The van der Waals surface area contributed by atoms with Gasteiger partial charge >= 0.3 is 29.6 Å². The van der Waals surface area contributed by atoms with E-state index in [2.05, 4.69) is 61.5 Å². The molecule has 12 rings (SSSR count). The maximum Gasteiger partial charge on any atom is 1.00 e. The number of phenolic OH excluding ortho intramolecular Hbond substituents is 1. The van der Waals surface area contributed by atoms with Crippen molar-refractivity contribution in [3.63, 3.8) is 0 Å². The minimum absolute atomic E-state index is 0. The number of nitrogens with one attached hydrogen (secondary N) is 5. The average molecular weight is 2080 g/mol. The van der Waals surface area contributed by atoms with Crippen molar-refractivity contribution in [2.45, 2.75) is 280 Å². The number of hydrogen-bond donors (Lipinski definition) is 26. The summed E-state index contributed by atoms with van der Waals surface area (Å²) in [5.74, 6) is -13.7. The number of likely N-dealkylation sites (N-methyl/N-ethyl adjacent to an activating group) is 1. The molecule has 4 aromatic rings. The van der Waals surface area contributed by atoms with Gasteiger partial charge in [0.25, 0.3) is 5.91 Å². The molecule has 0 spiro atoms. The van der Waals surface area contributed by atoms with Gasteiger partial charge in [0.1, 0.15) is 119 Å². The van der Waals surface area contributed by atoms with Gasteiger partial charge in [0.05, 0.1) is 79.9 Å². The fourth-order valence-electron chi connectivity index (χ4n) is 17.1.